The normalized spacial score (nSPS) is 25.2. The molecule has 28 heavy (non-hydrogen) atoms. The molecule has 1 atom stereocenters. The van der Waals surface area contributed by atoms with E-state index in [-0.39, 0.29) is 17.9 Å². The van der Waals surface area contributed by atoms with Crippen molar-refractivity contribution in [2.45, 2.75) is 50.6 Å². The summed E-state index contributed by atoms with van der Waals surface area (Å²) in [5.74, 6) is 0.707. The summed E-state index contributed by atoms with van der Waals surface area (Å²) in [6.45, 7) is 1.95. The lowest BCUT2D eigenvalue weighted by atomic mass is 9.85. The average molecular weight is 390 g/mol. The van der Waals surface area contributed by atoms with Crippen LogP contribution in [0.15, 0.2) is 18.5 Å². The number of hydrogen-bond donors (Lipinski definition) is 3. The fourth-order valence-corrected chi connectivity index (χ4v) is 4.19. The van der Waals surface area contributed by atoms with Crippen molar-refractivity contribution in [2.75, 3.05) is 26.7 Å². The summed E-state index contributed by atoms with van der Waals surface area (Å²) in [5.41, 5.74) is 1.17. The van der Waals surface area contributed by atoms with Crippen LogP contribution in [0.4, 0.5) is 4.79 Å². The highest BCUT2D eigenvalue weighted by Crippen LogP contribution is 2.31. The van der Waals surface area contributed by atoms with Gasteiger partial charge in [-0.25, -0.2) is 4.79 Å². The zero-order valence-electron chi connectivity index (χ0n) is 16.4. The van der Waals surface area contributed by atoms with Crippen molar-refractivity contribution < 1.29 is 19.4 Å². The standard InChI is InChI=1S/C20H30N4O4/c1-24-9-2-3-18(24)15-11-17(13-21-12-15)28-10-8-22-19(25)14-4-6-16(7-5-14)23-20(26)27/h11-14,16,18,23H,2-10H2,1H3,(H,22,25)(H,26,27)/t14-,16-,18-/m0/s1. The van der Waals surface area contributed by atoms with Crippen molar-refractivity contribution in [3.05, 3.63) is 24.0 Å². The smallest absolute Gasteiger partial charge is 0.404 e. The van der Waals surface area contributed by atoms with Gasteiger partial charge in [0.15, 0.2) is 0 Å². The van der Waals surface area contributed by atoms with Crippen LogP contribution < -0.4 is 15.4 Å². The third-order valence-corrected chi connectivity index (χ3v) is 5.74. The topological polar surface area (TPSA) is 104 Å². The lowest BCUT2D eigenvalue weighted by molar-refractivity contribution is -0.126. The molecular formula is C20H30N4O4. The monoisotopic (exact) mass is 390 g/mol. The average Bonchev–Trinajstić information content (AvgIpc) is 3.11. The largest absolute Gasteiger partial charge is 0.490 e. The van der Waals surface area contributed by atoms with Crippen LogP contribution in [0.3, 0.4) is 0 Å². The second-order valence-corrected chi connectivity index (χ2v) is 7.73. The number of nitrogens with one attached hydrogen (secondary N) is 2. The van der Waals surface area contributed by atoms with Gasteiger partial charge < -0.3 is 20.5 Å². The molecule has 0 aromatic carbocycles. The lowest BCUT2D eigenvalue weighted by Crippen LogP contribution is -2.41. The summed E-state index contributed by atoms with van der Waals surface area (Å²) in [4.78, 5) is 29.6. The Hall–Kier alpha value is -2.35. The van der Waals surface area contributed by atoms with Crippen LogP contribution in [0.2, 0.25) is 0 Å². The minimum absolute atomic E-state index is 0.0248. The molecule has 1 aromatic heterocycles. The van der Waals surface area contributed by atoms with Gasteiger partial charge in [0.05, 0.1) is 12.7 Å². The zero-order chi connectivity index (χ0) is 19.9. The van der Waals surface area contributed by atoms with Crippen molar-refractivity contribution in [3.63, 3.8) is 0 Å². The molecule has 3 N–H and O–H groups in total. The van der Waals surface area contributed by atoms with E-state index in [0.29, 0.717) is 44.9 Å². The van der Waals surface area contributed by atoms with Gasteiger partial charge in [0.1, 0.15) is 12.4 Å². The van der Waals surface area contributed by atoms with Crippen LogP contribution in [-0.2, 0) is 4.79 Å². The van der Waals surface area contributed by atoms with E-state index in [1.165, 1.54) is 12.0 Å². The Kier molecular flexibility index (Phi) is 7.08. The summed E-state index contributed by atoms with van der Waals surface area (Å²) in [5, 5.41) is 14.2. The maximum atomic E-state index is 12.3. The first-order valence-electron chi connectivity index (χ1n) is 10.1. The SMILES string of the molecule is CN1CCC[C@H]1c1cncc(OCCNC(=O)[C@H]2CC[C@H](NC(=O)O)CC2)c1. The van der Waals surface area contributed by atoms with Crippen LogP contribution in [0.1, 0.15) is 50.1 Å². The van der Waals surface area contributed by atoms with E-state index in [9.17, 15) is 9.59 Å². The maximum Gasteiger partial charge on any atom is 0.404 e. The van der Waals surface area contributed by atoms with Crippen LogP contribution in [-0.4, -0.2) is 59.8 Å². The molecular weight excluding hydrogens is 360 g/mol. The maximum absolute atomic E-state index is 12.3. The number of aromatic nitrogens is 1. The van der Waals surface area contributed by atoms with Crippen molar-refractivity contribution >= 4 is 12.0 Å². The predicted octanol–water partition coefficient (Wildman–Crippen LogP) is 2.17. The first-order chi connectivity index (χ1) is 13.5. The summed E-state index contributed by atoms with van der Waals surface area (Å²) < 4.78 is 5.77. The Morgan fingerprint density at radius 2 is 2.04 bits per heavy atom. The molecule has 2 aliphatic rings. The van der Waals surface area contributed by atoms with Crippen LogP contribution in [0.25, 0.3) is 0 Å². The number of carbonyl (C=O) groups is 2. The van der Waals surface area contributed by atoms with E-state index in [0.717, 1.165) is 18.7 Å². The third-order valence-electron chi connectivity index (χ3n) is 5.74. The van der Waals surface area contributed by atoms with Gasteiger partial charge in [0.25, 0.3) is 0 Å². The van der Waals surface area contributed by atoms with E-state index in [1.807, 2.05) is 12.3 Å². The second kappa shape index (κ2) is 9.73. The van der Waals surface area contributed by atoms with E-state index >= 15 is 0 Å². The molecule has 2 fully saturated rings. The van der Waals surface area contributed by atoms with Gasteiger partial charge in [-0.05, 0) is 63.7 Å². The Labute approximate surface area is 165 Å². The number of nitrogens with zero attached hydrogens (tertiary/aromatic N) is 2. The van der Waals surface area contributed by atoms with Crippen molar-refractivity contribution in [3.8, 4) is 5.75 Å². The summed E-state index contributed by atoms with van der Waals surface area (Å²) in [6, 6.07) is 2.41. The number of carboxylic acid groups (broad SMARTS) is 1. The molecule has 0 radical (unpaired) electrons. The molecule has 8 heteroatoms. The minimum Gasteiger partial charge on any atom is -0.490 e. The third kappa shape index (κ3) is 5.58. The van der Waals surface area contributed by atoms with Gasteiger partial charge >= 0.3 is 6.09 Å². The zero-order valence-corrected chi connectivity index (χ0v) is 16.4. The highest BCUT2D eigenvalue weighted by atomic mass is 16.5. The second-order valence-electron chi connectivity index (χ2n) is 7.73. The summed E-state index contributed by atoms with van der Waals surface area (Å²) in [7, 11) is 2.13. The number of hydrogen-bond acceptors (Lipinski definition) is 5. The number of rotatable bonds is 7. The van der Waals surface area contributed by atoms with E-state index < -0.39 is 6.09 Å². The van der Waals surface area contributed by atoms with Crippen molar-refractivity contribution in [1.82, 2.24) is 20.5 Å². The number of likely N-dealkylation sites (tertiary alicyclic amines) is 1. The molecule has 0 unspecified atom stereocenters. The van der Waals surface area contributed by atoms with Gasteiger partial charge in [-0.15, -0.1) is 0 Å². The molecule has 1 aliphatic heterocycles. The molecule has 0 spiro atoms. The van der Waals surface area contributed by atoms with Gasteiger partial charge in [0.2, 0.25) is 5.91 Å². The molecule has 1 saturated carbocycles. The first kappa shape index (κ1) is 20.4. The van der Waals surface area contributed by atoms with E-state index in [1.54, 1.807) is 6.20 Å². The van der Waals surface area contributed by atoms with Crippen LogP contribution in [0.5, 0.6) is 5.75 Å². The van der Waals surface area contributed by atoms with E-state index in [2.05, 4.69) is 27.6 Å². The minimum atomic E-state index is -0.997. The number of carbonyl (C=O) groups excluding carboxylic acids is 1. The molecule has 1 aliphatic carbocycles. The van der Waals surface area contributed by atoms with Gasteiger partial charge in [0, 0.05) is 24.2 Å². The number of amides is 2. The summed E-state index contributed by atoms with van der Waals surface area (Å²) >= 11 is 0. The molecule has 3 rings (SSSR count). The molecule has 2 amide bonds. The fourth-order valence-electron chi connectivity index (χ4n) is 4.19. The van der Waals surface area contributed by atoms with Gasteiger partial charge in [-0.2, -0.15) is 0 Å². The summed E-state index contributed by atoms with van der Waals surface area (Å²) in [6.07, 6.45) is 7.77. The number of pyridine rings is 1. The van der Waals surface area contributed by atoms with Crippen LogP contribution >= 0.6 is 0 Å². The Bertz CT molecular complexity index is 676. The number of ether oxygens (including phenoxy) is 1. The van der Waals surface area contributed by atoms with E-state index in [4.69, 9.17) is 9.84 Å². The Morgan fingerprint density at radius 1 is 1.25 bits per heavy atom. The fraction of sp³-hybridized carbons (Fsp3) is 0.650. The molecule has 1 saturated heterocycles. The highest BCUT2D eigenvalue weighted by molar-refractivity contribution is 5.78. The molecule has 154 valence electrons. The Morgan fingerprint density at radius 3 is 2.71 bits per heavy atom. The predicted molar refractivity (Wildman–Crippen MR) is 104 cm³/mol. The highest BCUT2D eigenvalue weighted by Gasteiger charge is 2.27. The Balaban J connectivity index is 1.37. The van der Waals surface area contributed by atoms with Gasteiger partial charge in [-0.1, -0.05) is 0 Å². The van der Waals surface area contributed by atoms with Gasteiger partial charge in [-0.3, -0.25) is 14.7 Å². The molecule has 1 aromatic rings. The quantitative estimate of drug-likeness (QED) is 0.617. The molecule has 2 heterocycles. The molecule has 0 bridgehead atoms. The lowest BCUT2D eigenvalue weighted by Gasteiger charge is -2.27. The van der Waals surface area contributed by atoms with Crippen LogP contribution in [0, 0.1) is 5.92 Å². The van der Waals surface area contributed by atoms with Crippen molar-refractivity contribution in [1.29, 1.82) is 0 Å². The first-order valence-corrected chi connectivity index (χ1v) is 10.1. The van der Waals surface area contributed by atoms with Crippen molar-refractivity contribution in [2.24, 2.45) is 5.92 Å². The molecule has 8 nitrogen and oxygen atoms in total.